The minimum Gasteiger partial charge on any atom is -0.357 e. The maximum absolute atomic E-state index is 4.81. The van der Waals surface area contributed by atoms with Crippen molar-refractivity contribution in [1.29, 1.82) is 0 Å². The van der Waals surface area contributed by atoms with Crippen LogP contribution in [0.5, 0.6) is 0 Å². The van der Waals surface area contributed by atoms with Crippen LogP contribution < -0.4 is 5.32 Å². The third-order valence-electron chi connectivity index (χ3n) is 3.80. The van der Waals surface area contributed by atoms with Gasteiger partial charge in [-0.2, -0.15) is 16.9 Å². The average molecular weight is 324 g/mol. The predicted octanol–water partition coefficient (Wildman–Crippen LogP) is 2.37. The van der Waals surface area contributed by atoms with Crippen molar-refractivity contribution in [1.82, 2.24) is 20.0 Å². The lowest BCUT2D eigenvalue weighted by Gasteiger charge is -2.34. The summed E-state index contributed by atoms with van der Waals surface area (Å²) in [7, 11) is 0. The summed E-state index contributed by atoms with van der Waals surface area (Å²) >= 11 is 2.09. The Hall–Kier alpha value is -1.17. The number of hydrogen-bond donors (Lipinski definition) is 1. The monoisotopic (exact) mass is 323 g/mol. The maximum atomic E-state index is 4.81. The van der Waals surface area contributed by atoms with Crippen molar-refractivity contribution in [2.24, 2.45) is 4.99 Å². The number of aromatic nitrogens is 2. The van der Waals surface area contributed by atoms with Crippen molar-refractivity contribution in [2.75, 3.05) is 31.9 Å². The molecule has 0 spiro atoms. The minimum absolute atomic E-state index is 0.740. The van der Waals surface area contributed by atoms with Crippen LogP contribution in [0.2, 0.25) is 0 Å². The van der Waals surface area contributed by atoms with Gasteiger partial charge in [-0.05, 0) is 32.3 Å². The highest BCUT2D eigenvalue weighted by molar-refractivity contribution is 8.00. The molecule has 1 atom stereocenters. The molecule has 0 radical (unpaired) electrons. The first-order valence-electron chi connectivity index (χ1n) is 8.36. The normalized spacial score (nSPS) is 19.5. The summed E-state index contributed by atoms with van der Waals surface area (Å²) < 4.78 is 2.00. The van der Waals surface area contributed by atoms with Crippen LogP contribution in [-0.2, 0) is 6.54 Å². The van der Waals surface area contributed by atoms with Gasteiger partial charge in [-0.25, -0.2) is 0 Å². The van der Waals surface area contributed by atoms with Gasteiger partial charge in [-0.3, -0.25) is 9.67 Å². The van der Waals surface area contributed by atoms with Crippen LogP contribution in [-0.4, -0.2) is 57.8 Å². The number of guanidine groups is 1. The van der Waals surface area contributed by atoms with Gasteiger partial charge in [0.25, 0.3) is 0 Å². The van der Waals surface area contributed by atoms with Gasteiger partial charge in [0, 0.05) is 49.9 Å². The molecule has 5 nitrogen and oxygen atoms in total. The van der Waals surface area contributed by atoms with Crippen LogP contribution in [0.15, 0.2) is 17.4 Å². The molecule has 1 aliphatic heterocycles. The number of thioether (sulfide) groups is 1. The molecule has 1 fully saturated rings. The summed E-state index contributed by atoms with van der Waals surface area (Å²) in [6, 6.07) is 0. The molecule has 2 rings (SSSR count). The van der Waals surface area contributed by atoms with Crippen LogP contribution in [0, 0.1) is 6.92 Å². The van der Waals surface area contributed by atoms with Gasteiger partial charge in [0.15, 0.2) is 5.96 Å². The van der Waals surface area contributed by atoms with E-state index in [0.29, 0.717) is 0 Å². The van der Waals surface area contributed by atoms with Crippen molar-refractivity contribution in [3.05, 3.63) is 18.0 Å². The van der Waals surface area contributed by atoms with Crippen molar-refractivity contribution in [2.45, 2.75) is 45.4 Å². The Bertz CT molecular complexity index is 471. The van der Waals surface area contributed by atoms with E-state index in [4.69, 9.17) is 4.99 Å². The molecule has 0 amide bonds. The smallest absolute Gasteiger partial charge is 0.193 e. The zero-order chi connectivity index (χ0) is 15.8. The minimum atomic E-state index is 0.740. The molecule has 1 aromatic heterocycles. The van der Waals surface area contributed by atoms with Gasteiger partial charge in [0.05, 0.1) is 6.20 Å². The first kappa shape index (κ1) is 17.2. The van der Waals surface area contributed by atoms with Crippen molar-refractivity contribution in [3.8, 4) is 0 Å². The number of hydrogen-bond acceptors (Lipinski definition) is 3. The average Bonchev–Trinajstić information content (AvgIpc) is 2.96. The Balaban J connectivity index is 1.83. The summed E-state index contributed by atoms with van der Waals surface area (Å²) in [5.41, 5.74) is 1.22. The van der Waals surface area contributed by atoms with E-state index in [1.807, 2.05) is 10.9 Å². The largest absolute Gasteiger partial charge is 0.357 e. The first-order valence-corrected chi connectivity index (χ1v) is 9.41. The second-order valence-electron chi connectivity index (χ2n) is 5.72. The van der Waals surface area contributed by atoms with E-state index in [-0.39, 0.29) is 0 Å². The van der Waals surface area contributed by atoms with E-state index in [9.17, 15) is 0 Å². The highest BCUT2D eigenvalue weighted by atomic mass is 32.2. The highest BCUT2D eigenvalue weighted by Gasteiger charge is 2.21. The Morgan fingerprint density at radius 3 is 3.05 bits per heavy atom. The number of rotatable bonds is 6. The van der Waals surface area contributed by atoms with Gasteiger partial charge < -0.3 is 10.2 Å². The summed E-state index contributed by atoms with van der Waals surface area (Å²) in [6.45, 7) is 11.4. The van der Waals surface area contributed by atoms with Crippen LogP contribution in [0.3, 0.4) is 0 Å². The number of nitrogens with zero attached hydrogens (tertiary/aromatic N) is 4. The molecule has 0 saturated carbocycles. The molecule has 1 unspecified atom stereocenters. The van der Waals surface area contributed by atoms with Crippen molar-refractivity contribution >= 4 is 17.7 Å². The molecular formula is C16H29N5S. The van der Waals surface area contributed by atoms with E-state index in [1.165, 1.54) is 17.7 Å². The summed E-state index contributed by atoms with van der Waals surface area (Å²) in [4.78, 5) is 7.23. The molecule has 1 saturated heterocycles. The first-order chi connectivity index (χ1) is 10.7. The molecule has 6 heteroatoms. The molecule has 1 aliphatic rings. The fraction of sp³-hybridized carbons (Fsp3) is 0.750. The molecule has 0 aliphatic carbocycles. The number of nitrogens with one attached hydrogen (secondary N) is 1. The third kappa shape index (κ3) is 5.23. The topological polar surface area (TPSA) is 45.5 Å². The summed E-state index contributed by atoms with van der Waals surface area (Å²) in [5, 5.41) is 8.50. The predicted molar refractivity (Wildman–Crippen MR) is 95.7 cm³/mol. The standard InChI is InChI=1S/C16H29N5S/c1-4-15-13-20(9-10-22-15)16(17-5-2)18-7-6-8-21-12-14(3)11-19-21/h11-12,15H,4-10,13H2,1-3H3,(H,17,18). The number of aryl methyl sites for hydroxylation is 2. The zero-order valence-corrected chi connectivity index (χ0v) is 14.9. The van der Waals surface area contributed by atoms with E-state index in [2.05, 4.69) is 54.0 Å². The van der Waals surface area contributed by atoms with E-state index in [1.54, 1.807) is 0 Å². The summed E-state index contributed by atoms with van der Waals surface area (Å²) in [6.07, 6.45) is 6.25. The lowest BCUT2D eigenvalue weighted by molar-refractivity contribution is 0.407. The van der Waals surface area contributed by atoms with Crippen LogP contribution >= 0.6 is 11.8 Å². The molecular weight excluding hydrogens is 294 g/mol. The van der Waals surface area contributed by atoms with Crippen molar-refractivity contribution in [3.63, 3.8) is 0 Å². The molecule has 1 N–H and O–H groups in total. The summed E-state index contributed by atoms with van der Waals surface area (Å²) in [5.74, 6) is 2.29. The van der Waals surface area contributed by atoms with E-state index >= 15 is 0 Å². The van der Waals surface area contributed by atoms with Crippen molar-refractivity contribution < 1.29 is 0 Å². The van der Waals surface area contributed by atoms with E-state index < -0.39 is 0 Å². The lowest BCUT2D eigenvalue weighted by Crippen LogP contribution is -2.48. The fourth-order valence-electron chi connectivity index (χ4n) is 2.59. The van der Waals surface area contributed by atoms with E-state index in [0.717, 1.165) is 50.4 Å². The van der Waals surface area contributed by atoms with Crippen LogP contribution in [0.25, 0.3) is 0 Å². The zero-order valence-electron chi connectivity index (χ0n) is 14.1. The van der Waals surface area contributed by atoms with Gasteiger partial charge in [-0.15, -0.1) is 0 Å². The second kappa shape index (κ2) is 9.08. The van der Waals surface area contributed by atoms with Gasteiger partial charge >= 0.3 is 0 Å². The maximum Gasteiger partial charge on any atom is 0.193 e. The van der Waals surface area contributed by atoms with Gasteiger partial charge in [0.1, 0.15) is 0 Å². The third-order valence-corrected chi connectivity index (χ3v) is 5.17. The van der Waals surface area contributed by atoms with Crippen LogP contribution in [0.4, 0.5) is 0 Å². The molecule has 1 aromatic rings. The van der Waals surface area contributed by atoms with Crippen LogP contribution in [0.1, 0.15) is 32.3 Å². The molecule has 2 heterocycles. The molecule has 22 heavy (non-hydrogen) atoms. The quantitative estimate of drug-likeness (QED) is 0.496. The second-order valence-corrected chi connectivity index (χ2v) is 7.13. The molecule has 0 aromatic carbocycles. The van der Waals surface area contributed by atoms with Gasteiger partial charge in [-0.1, -0.05) is 6.92 Å². The Kier molecular flexibility index (Phi) is 7.09. The fourth-order valence-corrected chi connectivity index (χ4v) is 3.77. The Morgan fingerprint density at radius 2 is 2.36 bits per heavy atom. The Morgan fingerprint density at radius 1 is 1.50 bits per heavy atom. The Labute approximate surface area is 138 Å². The van der Waals surface area contributed by atoms with Gasteiger partial charge in [0.2, 0.25) is 0 Å². The SMILES string of the molecule is CCNC(=NCCCn1cc(C)cn1)N1CCSC(CC)C1. The number of aliphatic imine (C=N–C) groups is 1. The highest BCUT2D eigenvalue weighted by Crippen LogP contribution is 2.21. The molecule has 0 bridgehead atoms. The molecule has 124 valence electrons. The lowest BCUT2D eigenvalue weighted by atomic mass is 10.3.